The fourth-order valence-corrected chi connectivity index (χ4v) is 3.34. The number of rotatable bonds is 3. The van der Waals surface area contributed by atoms with Crippen LogP contribution in [0.4, 0.5) is 13.2 Å². The molecule has 0 spiro atoms. The zero-order valence-electron chi connectivity index (χ0n) is 14.2. The molecule has 1 unspecified atom stereocenters. The van der Waals surface area contributed by atoms with Crippen LogP contribution in [0.3, 0.4) is 0 Å². The highest BCUT2D eigenvalue weighted by Crippen LogP contribution is 2.34. The van der Waals surface area contributed by atoms with Gasteiger partial charge in [0.05, 0.1) is 17.3 Å². The van der Waals surface area contributed by atoms with Gasteiger partial charge in [0.1, 0.15) is 0 Å². The van der Waals surface area contributed by atoms with E-state index in [1.54, 1.807) is 12.3 Å². The van der Waals surface area contributed by atoms with Crippen molar-refractivity contribution in [2.75, 3.05) is 26.2 Å². The smallest absolute Gasteiger partial charge is 0.315 e. The molecule has 25 heavy (non-hydrogen) atoms. The van der Waals surface area contributed by atoms with Gasteiger partial charge in [0.15, 0.2) is 0 Å². The van der Waals surface area contributed by atoms with Crippen LogP contribution in [0.5, 0.6) is 0 Å². The Labute approximate surface area is 145 Å². The zero-order valence-corrected chi connectivity index (χ0v) is 14.2. The molecule has 1 N–H and O–H groups in total. The van der Waals surface area contributed by atoms with Crippen molar-refractivity contribution in [3.8, 4) is 0 Å². The Morgan fingerprint density at radius 2 is 1.96 bits per heavy atom. The van der Waals surface area contributed by atoms with Gasteiger partial charge in [-0.2, -0.15) is 13.2 Å². The average molecular weight is 349 g/mol. The molecule has 0 radical (unpaired) electrons. The number of nitrogens with zero attached hydrogens (tertiary/aromatic N) is 2. The van der Waals surface area contributed by atoms with E-state index >= 15 is 0 Å². The van der Waals surface area contributed by atoms with Gasteiger partial charge >= 0.3 is 6.18 Å². The monoisotopic (exact) mass is 349 g/mol. The number of nitrogens with one attached hydrogen (secondary N) is 1. The van der Waals surface area contributed by atoms with Gasteiger partial charge in [-0.05, 0) is 49.2 Å². The Bertz CT molecular complexity index is 707. The van der Waals surface area contributed by atoms with Gasteiger partial charge in [0.25, 0.3) is 0 Å². The first-order valence-corrected chi connectivity index (χ1v) is 8.50. The molecule has 0 saturated carbocycles. The van der Waals surface area contributed by atoms with Gasteiger partial charge in [-0.15, -0.1) is 0 Å². The number of halogens is 3. The minimum absolute atomic E-state index is 0.275. The van der Waals surface area contributed by atoms with Crippen LogP contribution in [0.2, 0.25) is 0 Å². The third-order valence-corrected chi connectivity index (χ3v) is 4.58. The number of alkyl halides is 3. The Kier molecular flexibility index (Phi) is 5.39. The lowest BCUT2D eigenvalue weighted by atomic mass is 9.96. The van der Waals surface area contributed by atoms with E-state index in [9.17, 15) is 13.2 Å². The highest BCUT2D eigenvalue weighted by Gasteiger charge is 2.32. The second-order valence-electron chi connectivity index (χ2n) is 6.37. The van der Waals surface area contributed by atoms with Crippen LogP contribution in [-0.2, 0) is 6.18 Å². The van der Waals surface area contributed by atoms with E-state index < -0.39 is 11.7 Å². The molecule has 1 saturated heterocycles. The number of aryl methyl sites for hydroxylation is 1. The molecule has 1 aliphatic rings. The number of hydrogen-bond acceptors (Lipinski definition) is 3. The SMILES string of the molecule is Cc1cccnc1C(c1cccc(C(F)(F)F)c1)N1CCCNCC1. The van der Waals surface area contributed by atoms with Gasteiger partial charge in [0, 0.05) is 25.8 Å². The summed E-state index contributed by atoms with van der Waals surface area (Å²) >= 11 is 0. The Morgan fingerprint density at radius 1 is 1.12 bits per heavy atom. The van der Waals surface area contributed by atoms with Crippen LogP contribution in [0.1, 0.15) is 34.8 Å². The lowest BCUT2D eigenvalue weighted by Gasteiger charge is -2.31. The fourth-order valence-electron chi connectivity index (χ4n) is 3.34. The van der Waals surface area contributed by atoms with E-state index in [0.29, 0.717) is 5.56 Å². The molecule has 1 aromatic carbocycles. The summed E-state index contributed by atoms with van der Waals surface area (Å²) in [5.41, 5.74) is 1.83. The largest absolute Gasteiger partial charge is 0.416 e. The van der Waals surface area contributed by atoms with Crippen molar-refractivity contribution in [2.24, 2.45) is 0 Å². The van der Waals surface area contributed by atoms with E-state index in [1.165, 1.54) is 12.1 Å². The minimum atomic E-state index is -4.35. The highest BCUT2D eigenvalue weighted by atomic mass is 19.4. The summed E-state index contributed by atoms with van der Waals surface area (Å²) in [5.74, 6) is 0. The molecule has 1 aromatic heterocycles. The van der Waals surface area contributed by atoms with E-state index in [0.717, 1.165) is 49.9 Å². The predicted octanol–water partition coefficient (Wildman–Crippen LogP) is 3.79. The summed E-state index contributed by atoms with van der Waals surface area (Å²) in [7, 11) is 0. The van der Waals surface area contributed by atoms with Crippen molar-refractivity contribution in [1.29, 1.82) is 0 Å². The van der Waals surface area contributed by atoms with Crippen molar-refractivity contribution in [3.63, 3.8) is 0 Å². The maximum atomic E-state index is 13.2. The zero-order chi connectivity index (χ0) is 17.9. The number of hydrogen-bond donors (Lipinski definition) is 1. The molecule has 3 rings (SSSR count). The summed E-state index contributed by atoms with van der Waals surface area (Å²) in [6, 6.07) is 9.17. The summed E-state index contributed by atoms with van der Waals surface area (Å²) in [6.45, 7) is 5.30. The molecule has 1 fully saturated rings. The number of pyridine rings is 1. The summed E-state index contributed by atoms with van der Waals surface area (Å²) in [5, 5.41) is 3.34. The number of aromatic nitrogens is 1. The molecule has 2 aromatic rings. The fraction of sp³-hybridized carbons (Fsp3) is 0.421. The van der Waals surface area contributed by atoms with E-state index in [2.05, 4.69) is 15.2 Å². The van der Waals surface area contributed by atoms with Gasteiger partial charge < -0.3 is 5.32 Å². The first kappa shape index (κ1) is 17.9. The number of benzene rings is 1. The van der Waals surface area contributed by atoms with Crippen LogP contribution in [-0.4, -0.2) is 36.1 Å². The molecule has 3 nitrogen and oxygen atoms in total. The summed E-state index contributed by atoms with van der Waals surface area (Å²) in [6.07, 6.45) is -1.68. The van der Waals surface area contributed by atoms with Crippen molar-refractivity contribution in [3.05, 3.63) is 65.0 Å². The lowest BCUT2D eigenvalue weighted by Crippen LogP contribution is -2.34. The van der Waals surface area contributed by atoms with Crippen LogP contribution in [0.15, 0.2) is 42.6 Å². The van der Waals surface area contributed by atoms with Gasteiger partial charge in [-0.3, -0.25) is 9.88 Å². The predicted molar refractivity (Wildman–Crippen MR) is 91.3 cm³/mol. The van der Waals surface area contributed by atoms with Crippen molar-refractivity contribution in [1.82, 2.24) is 15.2 Å². The Hall–Kier alpha value is -1.92. The van der Waals surface area contributed by atoms with Crippen molar-refractivity contribution < 1.29 is 13.2 Å². The topological polar surface area (TPSA) is 28.2 Å². The maximum Gasteiger partial charge on any atom is 0.416 e. The van der Waals surface area contributed by atoms with Crippen LogP contribution >= 0.6 is 0 Å². The summed E-state index contributed by atoms with van der Waals surface area (Å²) in [4.78, 5) is 6.74. The average Bonchev–Trinajstić information content (AvgIpc) is 2.86. The second-order valence-corrected chi connectivity index (χ2v) is 6.37. The Balaban J connectivity index is 2.06. The molecule has 0 amide bonds. The van der Waals surface area contributed by atoms with Crippen molar-refractivity contribution >= 4 is 0 Å². The van der Waals surface area contributed by atoms with Crippen molar-refractivity contribution in [2.45, 2.75) is 25.6 Å². The first-order valence-electron chi connectivity index (χ1n) is 8.50. The van der Waals surface area contributed by atoms with Gasteiger partial charge in [-0.25, -0.2) is 0 Å². The summed E-state index contributed by atoms with van der Waals surface area (Å²) < 4.78 is 39.5. The second kappa shape index (κ2) is 7.54. The minimum Gasteiger partial charge on any atom is -0.315 e. The molecule has 2 heterocycles. The molecule has 1 aliphatic heterocycles. The van der Waals surface area contributed by atoms with Crippen LogP contribution < -0.4 is 5.32 Å². The molecule has 0 aliphatic carbocycles. The van der Waals surface area contributed by atoms with E-state index in [-0.39, 0.29) is 6.04 Å². The third kappa shape index (κ3) is 4.19. The molecular formula is C19H22F3N3. The Morgan fingerprint density at radius 3 is 2.72 bits per heavy atom. The molecular weight excluding hydrogens is 327 g/mol. The highest BCUT2D eigenvalue weighted by molar-refractivity contribution is 5.35. The molecule has 1 atom stereocenters. The van der Waals surface area contributed by atoms with Crippen LogP contribution in [0.25, 0.3) is 0 Å². The third-order valence-electron chi connectivity index (χ3n) is 4.58. The van der Waals surface area contributed by atoms with E-state index in [4.69, 9.17) is 0 Å². The molecule has 134 valence electrons. The maximum absolute atomic E-state index is 13.2. The van der Waals surface area contributed by atoms with Crippen LogP contribution in [0, 0.1) is 6.92 Å². The van der Waals surface area contributed by atoms with Gasteiger partial charge in [0.2, 0.25) is 0 Å². The molecule has 6 heteroatoms. The standard InChI is InChI=1S/C19H22F3N3/c1-14-5-3-9-24-17(14)18(25-11-4-8-23-10-12-25)15-6-2-7-16(13-15)19(20,21)22/h2-3,5-7,9,13,18,23H,4,8,10-12H2,1H3. The normalized spacial score (nSPS) is 17.9. The first-order chi connectivity index (χ1) is 12.0. The molecule has 0 bridgehead atoms. The van der Waals surface area contributed by atoms with Gasteiger partial charge in [-0.1, -0.05) is 18.2 Å². The van der Waals surface area contributed by atoms with E-state index in [1.807, 2.05) is 19.1 Å². The quantitative estimate of drug-likeness (QED) is 0.914. The lowest BCUT2D eigenvalue weighted by molar-refractivity contribution is -0.137.